The largest absolute Gasteiger partial charge is 0.355 e. The first kappa shape index (κ1) is 12.1. The topological polar surface area (TPSA) is 72.2 Å². The molecular weight excluding hydrogens is 244 g/mol. The number of carbonyl (C=O) groups excluding carboxylic acids is 1. The number of amides is 1. The fraction of sp³-hybridized carbons (Fsp3) is 0.500. The normalized spacial score (nSPS) is 24.6. The molecule has 0 bridgehead atoms. The maximum absolute atomic E-state index is 12.2. The van der Waals surface area contributed by atoms with E-state index in [0.29, 0.717) is 6.54 Å². The second kappa shape index (κ2) is 4.33. The van der Waals surface area contributed by atoms with E-state index in [1.165, 1.54) is 6.07 Å². The SMILES string of the molecule is O=C1NC[C@H](c2cccc([N+](=O)[O-])c2)C12CCCC2. The van der Waals surface area contributed by atoms with Crippen LogP contribution in [0.5, 0.6) is 0 Å². The van der Waals surface area contributed by atoms with Crippen molar-refractivity contribution in [2.75, 3.05) is 6.54 Å². The second-order valence-electron chi connectivity index (χ2n) is 5.48. The van der Waals surface area contributed by atoms with E-state index in [-0.39, 0.29) is 27.9 Å². The Bertz CT molecular complexity index is 535. The summed E-state index contributed by atoms with van der Waals surface area (Å²) in [5.74, 6) is 0.198. The summed E-state index contributed by atoms with van der Waals surface area (Å²) in [6.07, 6.45) is 3.93. The van der Waals surface area contributed by atoms with Crippen LogP contribution in [-0.4, -0.2) is 17.4 Å². The van der Waals surface area contributed by atoms with Crippen LogP contribution in [0.25, 0.3) is 0 Å². The zero-order chi connectivity index (χ0) is 13.5. The number of non-ortho nitro benzene ring substituents is 1. The maximum atomic E-state index is 12.2. The smallest absolute Gasteiger partial charge is 0.269 e. The predicted molar refractivity (Wildman–Crippen MR) is 69.7 cm³/mol. The van der Waals surface area contributed by atoms with Crippen molar-refractivity contribution in [2.45, 2.75) is 31.6 Å². The number of hydrogen-bond acceptors (Lipinski definition) is 3. The Labute approximate surface area is 111 Å². The van der Waals surface area contributed by atoms with E-state index < -0.39 is 0 Å². The van der Waals surface area contributed by atoms with E-state index >= 15 is 0 Å². The first-order chi connectivity index (χ1) is 9.13. The van der Waals surface area contributed by atoms with Crippen LogP contribution in [0, 0.1) is 15.5 Å². The monoisotopic (exact) mass is 260 g/mol. The molecule has 1 aliphatic carbocycles. The molecule has 2 fully saturated rings. The summed E-state index contributed by atoms with van der Waals surface area (Å²) in [5.41, 5.74) is 0.689. The molecule has 0 aromatic heterocycles. The van der Waals surface area contributed by atoms with Gasteiger partial charge in [-0.05, 0) is 18.4 Å². The lowest BCUT2D eigenvalue weighted by Gasteiger charge is -2.27. The third-order valence-electron chi connectivity index (χ3n) is 4.57. The molecule has 1 spiro atoms. The molecule has 5 heteroatoms. The highest BCUT2D eigenvalue weighted by Gasteiger charge is 2.52. The van der Waals surface area contributed by atoms with Crippen LogP contribution in [-0.2, 0) is 4.79 Å². The molecule has 1 amide bonds. The highest BCUT2D eigenvalue weighted by atomic mass is 16.6. The van der Waals surface area contributed by atoms with Gasteiger partial charge in [0.1, 0.15) is 0 Å². The van der Waals surface area contributed by atoms with Gasteiger partial charge < -0.3 is 5.32 Å². The first-order valence-corrected chi connectivity index (χ1v) is 6.66. The summed E-state index contributed by atoms with van der Waals surface area (Å²) in [6, 6.07) is 6.72. The lowest BCUT2D eigenvalue weighted by Crippen LogP contribution is -2.31. The summed E-state index contributed by atoms with van der Waals surface area (Å²) >= 11 is 0. The summed E-state index contributed by atoms with van der Waals surface area (Å²) < 4.78 is 0. The predicted octanol–water partition coefficient (Wildman–Crippen LogP) is 2.37. The molecule has 1 atom stereocenters. The van der Waals surface area contributed by atoms with Crippen molar-refractivity contribution >= 4 is 11.6 Å². The molecule has 1 saturated carbocycles. The van der Waals surface area contributed by atoms with Gasteiger partial charge in [0.2, 0.25) is 5.91 Å². The van der Waals surface area contributed by atoms with Crippen LogP contribution >= 0.6 is 0 Å². The van der Waals surface area contributed by atoms with Crippen molar-refractivity contribution in [3.63, 3.8) is 0 Å². The molecule has 1 saturated heterocycles. The minimum atomic E-state index is -0.380. The van der Waals surface area contributed by atoms with Crippen molar-refractivity contribution in [1.29, 1.82) is 0 Å². The molecule has 5 nitrogen and oxygen atoms in total. The number of carbonyl (C=O) groups is 1. The van der Waals surface area contributed by atoms with E-state index in [1.54, 1.807) is 12.1 Å². The van der Waals surface area contributed by atoms with Gasteiger partial charge in [0, 0.05) is 24.6 Å². The number of nitro benzene ring substituents is 1. The quantitative estimate of drug-likeness (QED) is 0.655. The van der Waals surface area contributed by atoms with Crippen molar-refractivity contribution in [1.82, 2.24) is 5.32 Å². The van der Waals surface area contributed by atoms with Gasteiger partial charge in [-0.2, -0.15) is 0 Å². The standard InChI is InChI=1S/C14H16N2O3/c17-13-14(6-1-2-7-14)12(9-15-13)10-4-3-5-11(8-10)16(18)19/h3-5,8,12H,1-2,6-7,9H2,(H,15,17)/t12-/m1/s1. The van der Waals surface area contributed by atoms with Gasteiger partial charge in [0.05, 0.1) is 10.3 Å². The Morgan fingerprint density at radius 3 is 2.74 bits per heavy atom. The van der Waals surface area contributed by atoms with Crippen LogP contribution in [0.2, 0.25) is 0 Å². The van der Waals surface area contributed by atoms with E-state index in [1.807, 2.05) is 6.07 Å². The fourth-order valence-corrected chi connectivity index (χ4v) is 3.60. The molecule has 1 heterocycles. The zero-order valence-corrected chi connectivity index (χ0v) is 10.6. The molecule has 1 aliphatic heterocycles. The van der Waals surface area contributed by atoms with Crippen molar-refractivity contribution in [2.24, 2.45) is 5.41 Å². The van der Waals surface area contributed by atoms with Crippen LogP contribution in [0.4, 0.5) is 5.69 Å². The lowest BCUT2D eigenvalue weighted by atomic mass is 9.72. The molecular formula is C14H16N2O3. The Morgan fingerprint density at radius 1 is 1.32 bits per heavy atom. The van der Waals surface area contributed by atoms with Crippen LogP contribution < -0.4 is 5.32 Å². The van der Waals surface area contributed by atoms with E-state index in [4.69, 9.17) is 0 Å². The van der Waals surface area contributed by atoms with Crippen LogP contribution in [0.15, 0.2) is 24.3 Å². The molecule has 1 N–H and O–H groups in total. The van der Waals surface area contributed by atoms with Crippen molar-refractivity contribution < 1.29 is 9.72 Å². The van der Waals surface area contributed by atoms with Gasteiger partial charge in [-0.25, -0.2) is 0 Å². The molecule has 2 aliphatic rings. The zero-order valence-electron chi connectivity index (χ0n) is 10.6. The van der Waals surface area contributed by atoms with Gasteiger partial charge >= 0.3 is 0 Å². The van der Waals surface area contributed by atoms with Gasteiger partial charge in [0.25, 0.3) is 5.69 Å². The first-order valence-electron chi connectivity index (χ1n) is 6.66. The van der Waals surface area contributed by atoms with Gasteiger partial charge in [-0.1, -0.05) is 25.0 Å². The lowest BCUT2D eigenvalue weighted by molar-refractivity contribution is -0.384. The van der Waals surface area contributed by atoms with Crippen LogP contribution in [0.1, 0.15) is 37.2 Å². The molecule has 0 unspecified atom stereocenters. The van der Waals surface area contributed by atoms with E-state index in [9.17, 15) is 14.9 Å². The third kappa shape index (κ3) is 1.80. The highest BCUT2D eigenvalue weighted by molar-refractivity contribution is 5.86. The van der Waals surface area contributed by atoms with Gasteiger partial charge in [-0.3, -0.25) is 14.9 Å². The summed E-state index contributed by atoms with van der Waals surface area (Å²) in [7, 11) is 0. The van der Waals surface area contributed by atoms with Gasteiger partial charge in [-0.15, -0.1) is 0 Å². The molecule has 1 aromatic carbocycles. The number of benzene rings is 1. The van der Waals surface area contributed by atoms with E-state index in [0.717, 1.165) is 31.2 Å². The highest BCUT2D eigenvalue weighted by Crippen LogP contribution is 2.51. The Kier molecular flexibility index (Phi) is 2.77. The number of rotatable bonds is 2. The molecule has 1 aromatic rings. The molecule has 100 valence electrons. The minimum absolute atomic E-state index is 0.0717. The Balaban J connectivity index is 1.99. The van der Waals surface area contributed by atoms with E-state index in [2.05, 4.69) is 5.32 Å². The Morgan fingerprint density at radius 2 is 2.05 bits per heavy atom. The maximum Gasteiger partial charge on any atom is 0.269 e. The molecule has 0 radical (unpaired) electrons. The summed E-state index contributed by atoms with van der Waals surface area (Å²) in [5, 5.41) is 13.8. The molecule has 19 heavy (non-hydrogen) atoms. The van der Waals surface area contributed by atoms with Gasteiger partial charge in [0.15, 0.2) is 0 Å². The molecule has 3 rings (SSSR count). The third-order valence-corrected chi connectivity index (χ3v) is 4.57. The second-order valence-corrected chi connectivity index (χ2v) is 5.48. The van der Waals surface area contributed by atoms with Crippen molar-refractivity contribution in [3.05, 3.63) is 39.9 Å². The average Bonchev–Trinajstić information content (AvgIpc) is 3.00. The minimum Gasteiger partial charge on any atom is -0.355 e. The number of nitrogens with zero attached hydrogens (tertiary/aromatic N) is 1. The summed E-state index contributed by atoms with van der Waals surface area (Å²) in [4.78, 5) is 22.6. The summed E-state index contributed by atoms with van der Waals surface area (Å²) in [6.45, 7) is 0.597. The number of nitrogens with one attached hydrogen (secondary N) is 1. The van der Waals surface area contributed by atoms with Crippen molar-refractivity contribution in [3.8, 4) is 0 Å². The van der Waals surface area contributed by atoms with Crippen LogP contribution in [0.3, 0.4) is 0 Å². The number of nitro groups is 1. The fourth-order valence-electron chi connectivity index (χ4n) is 3.60. The number of hydrogen-bond donors (Lipinski definition) is 1. The Hall–Kier alpha value is -1.91. The average molecular weight is 260 g/mol.